The molecule has 11 heteroatoms. The lowest BCUT2D eigenvalue weighted by molar-refractivity contribution is -0.154. The summed E-state index contributed by atoms with van der Waals surface area (Å²) in [5, 5.41) is 54.7. The summed E-state index contributed by atoms with van der Waals surface area (Å²) in [5.74, 6) is -9.12. The lowest BCUT2D eigenvalue weighted by Gasteiger charge is -2.50. The van der Waals surface area contributed by atoms with Crippen LogP contribution in [0.3, 0.4) is 0 Å². The van der Waals surface area contributed by atoms with Crippen molar-refractivity contribution in [3.8, 4) is 17.0 Å². The number of fused-ring (bicyclic) bond motifs is 3. The van der Waals surface area contributed by atoms with E-state index in [4.69, 9.17) is 5.73 Å². The molecule has 0 bridgehead atoms. The molecular formula is C24H21N3O8. The van der Waals surface area contributed by atoms with Gasteiger partial charge in [-0.2, -0.15) is 0 Å². The molecule has 3 aliphatic carbocycles. The number of benzene rings is 1. The number of ketones is 2. The Morgan fingerprint density at radius 1 is 1.17 bits per heavy atom. The van der Waals surface area contributed by atoms with Crippen molar-refractivity contribution in [2.24, 2.45) is 17.6 Å². The predicted octanol–water partition coefficient (Wildman–Crippen LogP) is 0.569. The molecule has 0 saturated heterocycles. The fourth-order valence-electron chi connectivity index (χ4n) is 5.74. The first-order valence-corrected chi connectivity index (χ1v) is 10.8. The number of hydrogen-bond donors (Lipinski definition) is 6. The average molecular weight is 479 g/mol. The highest BCUT2D eigenvalue weighted by Crippen LogP contribution is 2.56. The SMILES string of the molecule is C[C@H]1c2c(-c3cnccn3)ccc(O)c2C(=O)C2=C(O)[C@]3(O)C(=O)C(C(N)=O)=C(O)C[C@@H]3[C@@H](O)[C@@H]21. The number of carbonyl (C=O) groups is 3. The fraction of sp³-hybridized carbons (Fsp3) is 0.292. The zero-order chi connectivity index (χ0) is 25.4. The molecule has 2 aromatic rings. The van der Waals surface area contributed by atoms with E-state index < -0.39 is 81.8 Å². The van der Waals surface area contributed by atoms with Crippen LogP contribution in [0.2, 0.25) is 0 Å². The van der Waals surface area contributed by atoms with Crippen LogP contribution in [0.15, 0.2) is 53.4 Å². The van der Waals surface area contributed by atoms with E-state index in [0.29, 0.717) is 16.8 Å². The highest BCUT2D eigenvalue weighted by molar-refractivity contribution is 6.24. The topological polar surface area (TPSA) is 204 Å². The van der Waals surface area contributed by atoms with Crippen molar-refractivity contribution in [2.75, 3.05) is 0 Å². The van der Waals surface area contributed by atoms with Crippen molar-refractivity contribution in [1.29, 1.82) is 0 Å². The van der Waals surface area contributed by atoms with Crippen molar-refractivity contribution in [3.05, 3.63) is 64.5 Å². The van der Waals surface area contributed by atoms with Crippen LogP contribution >= 0.6 is 0 Å². The molecule has 0 fully saturated rings. The van der Waals surface area contributed by atoms with E-state index in [9.17, 15) is 39.9 Å². The molecule has 5 atom stereocenters. The Bertz CT molecular complexity index is 1380. The van der Waals surface area contributed by atoms with Crippen LogP contribution in [0.4, 0.5) is 0 Å². The predicted molar refractivity (Wildman–Crippen MR) is 118 cm³/mol. The van der Waals surface area contributed by atoms with E-state index in [0.717, 1.165) is 0 Å². The maximum atomic E-state index is 13.7. The smallest absolute Gasteiger partial charge is 0.255 e. The molecule has 1 aromatic carbocycles. The van der Waals surface area contributed by atoms with Gasteiger partial charge in [0, 0.05) is 41.8 Å². The number of carbonyl (C=O) groups excluding carboxylic acids is 3. The highest BCUT2D eigenvalue weighted by Gasteiger charge is 2.64. The molecule has 1 amide bonds. The first-order valence-electron chi connectivity index (χ1n) is 10.8. The van der Waals surface area contributed by atoms with E-state index in [1.54, 1.807) is 13.0 Å². The van der Waals surface area contributed by atoms with Gasteiger partial charge in [-0.15, -0.1) is 0 Å². The number of aliphatic hydroxyl groups excluding tert-OH is 3. The lowest BCUT2D eigenvalue weighted by Crippen LogP contribution is -2.62. The minimum absolute atomic E-state index is 0.176. The third-order valence-corrected chi connectivity index (χ3v) is 7.32. The van der Waals surface area contributed by atoms with Gasteiger partial charge in [-0.3, -0.25) is 24.4 Å². The molecule has 0 spiro atoms. The van der Waals surface area contributed by atoms with Gasteiger partial charge in [-0.1, -0.05) is 6.92 Å². The van der Waals surface area contributed by atoms with Gasteiger partial charge in [0.2, 0.25) is 5.78 Å². The third-order valence-electron chi connectivity index (χ3n) is 7.32. The van der Waals surface area contributed by atoms with E-state index in [2.05, 4.69) is 9.97 Å². The van der Waals surface area contributed by atoms with Gasteiger partial charge in [0.1, 0.15) is 22.8 Å². The molecular weight excluding hydrogens is 458 g/mol. The quantitative estimate of drug-likeness (QED) is 0.330. The summed E-state index contributed by atoms with van der Waals surface area (Å²) in [6.45, 7) is 1.66. The maximum Gasteiger partial charge on any atom is 0.255 e. The normalized spacial score (nSPS) is 30.0. The number of nitrogens with zero attached hydrogens (tertiary/aromatic N) is 2. The van der Waals surface area contributed by atoms with Gasteiger partial charge >= 0.3 is 0 Å². The number of aromatic nitrogens is 2. The minimum Gasteiger partial charge on any atom is -0.511 e. The molecule has 180 valence electrons. The number of Topliss-reactive ketones (excluding diaryl/α,β-unsaturated/α-hetero) is 2. The summed E-state index contributed by atoms with van der Waals surface area (Å²) in [6.07, 6.45) is 2.25. The van der Waals surface area contributed by atoms with Crippen molar-refractivity contribution in [1.82, 2.24) is 9.97 Å². The number of aromatic hydroxyl groups is 1. The summed E-state index contributed by atoms with van der Waals surface area (Å²) in [4.78, 5) is 46.8. The Kier molecular flexibility index (Phi) is 4.83. The number of hydrogen-bond acceptors (Lipinski definition) is 10. The van der Waals surface area contributed by atoms with Gasteiger partial charge in [0.05, 0.1) is 23.6 Å². The number of aliphatic hydroxyl groups is 4. The van der Waals surface area contributed by atoms with Crippen LogP contribution in [-0.4, -0.2) is 64.7 Å². The standard InChI is InChI=1S/C24H21N3O8/c1-8-14-9(11-7-26-4-5-27-11)2-3-12(28)16(14)20(31)18-15(8)19(30)10-6-13(29)17(23(25)34)21(32)24(10,35)22(18)33/h2-5,7-8,10,15,19,28-30,33,35H,6H2,1H3,(H2,25,34)/t8-,10+,15+,19+,24+/m0/s1. The molecule has 7 N–H and O–H groups in total. The molecule has 0 aliphatic heterocycles. The van der Waals surface area contributed by atoms with Gasteiger partial charge in [-0.25, -0.2) is 0 Å². The molecule has 35 heavy (non-hydrogen) atoms. The zero-order valence-electron chi connectivity index (χ0n) is 18.3. The second kappa shape index (κ2) is 7.45. The van der Waals surface area contributed by atoms with Gasteiger partial charge < -0.3 is 31.3 Å². The van der Waals surface area contributed by atoms with Crippen LogP contribution in [0.5, 0.6) is 5.75 Å². The largest absolute Gasteiger partial charge is 0.511 e. The summed E-state index contributed by atoms with van der Waals surface area (Å²) in [5.41, 5.74) is 1.99. The van der Waals surface area contributed by atoms with Crippen LogP contribution in [0.25, 0.3) is 11.3 Å². The minimum atomic E-state index is -2.87. The number of phenolic OH excluding ortho intramolecular Hbond substituents is 1. The van der Waals surface area contributed by atoms with Crippen LogP contribution in [-0.2, 0) is 9.59 Å². The Balaban J connectivity index is 1.78. The van der Waals surface area contributed by atoms with E-state index in [1.165, 1.54) is 24.7 Å². The Morgan fingerprint density at radius 2 is 1.89 bits per heavy atom. The molecule has 5 rings (SSSR count). The van der Waals surface area contributed by atoms with Gasteiger partial charge in [0.15, 0.2) is 11.4 Å². The monoisotopic (exact) mass is 479 g/mol. The Labute approximate surface area is 197 Å². The first kappa shape index (κ1) is 22.7. The zero-order valence-corrected chi connectivity index (χ0v) is 18.3. The Hall–Kier alpha value is -4.09. The average Bonchev–Trinajstić information content (AvgIpc) is 2.82. The summed E-state index contributed by atoms with van der Waals surface area (Å²) in [6, 6.07) is 2.83. The number of nitrogens with two attached hydrogens (primary N) is 1. The van der Waals surface area contributed by atoms with Crippen LogP contribution < -0.4 is 5.73 Å². The molecule has 0 saturated carbocycles. The van der Waals surface area contributed by atoms with Crippen LogP contribution in [0, 0.1) is 11.8 Å². The summed E-state index contributed by atoms with van der Waals surface area (Å²) >= 11 is 0. The van der Waals surface area contributed by atoms with Gasteiger partial charge in [-0.05, 0) is 23.6 Å². The van der Waals surface area contributed by atoms with E-state index >= 15 is 0 Å². The Morgan fingerprint density at radius 3 is 2.51 bits per heavy atom. The maximum absolute atomic E-state index is 13.7. The second-order valence-corrected chi connectivity index (χ2v) is 9.00. The van der Waals surface area contributed by atoms with Crippen LogP contribution in [0.1, 0.15) is 35.2 Å². The molecule has 11 nitrogen and oxygen atoms in total. The van der Waals surface area contributed by atoms with Crippen molar-refractivity contribution in [3.63, 3.8) is 0 Å². The number of rotatable bonds is 2. The first-order chi connectivity index (χ1) is 16.5. The number of primary amides is 1. The van der Waals surface area contributed by atoms with Crippen molar-refractivity contribution < 1.29 is 39.9 Å². The highest BCUT2D eigenvalue weighted by atomic mass is 16.4. The third kappa shape index (κ3) is 2.82. The number of amides is 1. The summed E-state index contributed by atoms with van der Waals surface area (Å²) < 4.78 is 0. The fourth-order valence-corrected chi connectivity index (χ4v) is 5.74. The number of allylic oxidation sites excluding steroid dienone is 1. The van der Waals surface area contributed by atoms with Crippen molar-refractivity contribution in [2.45, 2.75) is 31.0 Å². The molecule has 3 aliphatic rings. The number of phenols is 1. The van der Waals surface area contributed by atoms with E-state index in [1.807, 2.05) is 0 Å². The lowest BCUT2D eigenvalue weighted by atomic mass is 9.56. The molecule has 0 radical (unpaired) electrons. The molecule has 0 unspecified atom stereocenters. The summed E-state index contributed by atoms with van der Waals surface area (Å²) in [7, 11) is 0. The van der Waals surface area contributed by atoms with Gasteiger partial charge in [0.25, 0.3) is 5.91 Å². The molecule has 1 aromatic heterocycles. The second-order valence-electron chi connectivity index (χ2n) is 9.00. The van der Waals surface area contributed by atoms with E-state index in [-0.39, 0.29) is 5.56 Å². The molecule has 1 heterocycles. The van der Waals surface area contributed by atoms with Crippen molar-refractivity contribution >= 4 is 17.5 Å².